The summed E-state index contributed by atoms with van der Waals surface area (Å²) in [5, 5.41) is 22.4. The van der Waals surface area contributed by atoms with Crippen molar-refractivity contribution in [3.8, 4) is 0 Å². The van der Waals surface area contributed by atoms with Gasteiger partial charge in [-0.1, -0.05) is 0 Å². The van der Waals surface area contributed by atoms with Crippen LogP contribution in [-0.2, 0) is 14.4 Å². The number of hydrogen-bond acceptors (Lipinski definition) is 6. The maximum Gasteiger partial charge on any atom is 0.352 e. The molecule has 7 N–H and O–H groups in total. The van der Waals surface area contributed by atoms with E-state index in [-0.39, 0.29) is 42.4 Å². The van der Waals surface area contributed by atoms with Crippen LogP contribution in [0.15, 0.2) is 16.3 Å². The van der Waals surface area contributed by atoms with Crippen molar-refractivity contribution in [3.63, 3.8) is 0 Å². The number of aliphatic carboxylic acids is 1. The minimum atomic E-state index is -1.19. The number of carboxylic acid groups (broad SMARTS) is 1. The van der Waals surface area contributed by atoms with Gasteiger partial charge in [-0.2, -0.15) is 0 Å². The molecule has 10 nitrogen and oxygen atoms in total. The number of nitrogens with zero attached hydrogens (tertiary/aromatic N) is 2. The molecule has 1 saturated heterocycles. The second kappa shape index (κ2) is 7.83. The molecule has 10 heteroatoms. The molecule has 2 rings (SSSR count). The highest BCUT2D eigenvalue weighted by Gasteiger charge is 2.57. The Bertz CT molecular complexity index is 672. The SMILES string of the molecule is CNC[C@H](CN=C(N)CC(N)=O)C1=C(C(=O)O)N2C(=O)[C@H]([C@@H](C)O)[C@H]2C1. The van der Waals surface area contributed by atoms with E-state index < -0.39 is 23.9 Å². The highest BCUT2D eigenvalue weighted by Crippen LogP contribution is 2.45. The fraction of sp³-hybridized carbons (Fsp3) is 0.625. The third-order valence-electron chi connectivity index (χ3n) is 4.78. The van der Waals surface area contributed by atoms with E-state index in [0.717, 1.165) is 0 Å². The number of amides is 2. The van der Waals surface area contributed by atoms with Crippen molar-refractivity contribution in [2.24, 2.45) is 28.3 Å². The number of carbonyl (C=O) groups is 3. The highest BCUT2D eigenvalue weighted by atomic mass is 16.4. The van der Waals surface area contributed by atoms with Crippen LogP contribution in [0.5, 0.6) is 0 Å². The summed E-state index contributed by atoms with van der Waals surface area (Å²) in [5.74, 6) is -2.99. The van der Waals surface area contributed by atoms with Gasteiger partial charge in [-0.25, -0.2) is 4.79 Å². The monoisotopic (exact) mass is 367 g/mol. The molecule has 2 aliphatic heterocycles. The molecule has 2 heterocycles. The molecule has 26 heavy (non-hydrogen) atoms. The summed E-state index contributed by atoms with van der Waals surface area (Å²) in [6.45, 7) is 2.12. The Balaban J connectivity index is 2.28. The first-order valence-electron chi connectivity index (χ1n) is 8.38. The maximum atomic E-state index is 12.3. The van der Waals surface area contributed by atoms with Crippen molar-refractivity contribution >= 4 is 23.6 Å². The number of carbonyl (C=O) groups excluding carboxylic acids is 2. The third kappa shape index (κ3) is 3.70. The second-order valence-corrected chi connectivity index (χ2v) is 6.65. The van der Waals surface area contributed by atoms with Crippen LogP contribution < -0.4 is 16.8 Å². The average molecular weight is 367 g/mol. The van der Waals surface area contributed by atoms with E-state index >= 15 is 0 Å². The van der Waals surface area contributed by atoms with E-state index in [1.165, 1.54) is 11.8 Å². The second-order valence-electron chi connectivity index (χ2n) is 6.65. The molecule has 0 bridgehead atoms. The number of β-lactam (4-membered cyclic amide) rings is 1. The molecule has 0 aromatic carbocycles. The first-order valence-corrected chi connectivity index (χ1v) is 8.38. The van der Waals surface area contributed by atoms with Gasteiger partial charge in [-0.05, 0) is 26.0 Å². The van der Waals surface area contributed by atoms with Gasteiger partial charge in [0.05, 0.1) is 24.5 Å². The lowest BCUT2D eigenvalue weighted by atomic mass is 9.82. The summed E-state index contributed by atoms with van der Waals surface area (Å²) in [7, 11) is 1.72. The molecule has 0 aromatic rings. The van der Waals surface area contributed by atoms with Crippen LogP contribution in [0.1, 0.15) is 19.8 Å². The van der Waals surface area contributed by atoms with Crippen molar-refractivity contribution in [2.75, 3.05) is 20.1 Å². The van der Waals surface area contributed by atoms with Crippen molar-refractivity contribution in [1.82, 2.24) is 10.2 Å². The van der Waals surface area contributed by atoms with Gasteiger partial charge in [0.15, 0.2) is 0 Å². The van der Waals surface area contributed by atoms with Crippen LogP contribution in [0.4, 0.5) is 0 Å². The Kier molecular flexibility index (Phi) is 5.98. The van der Waals surface area contributed by atoms with E-state index in [1.54, 1.807) is 7.05 Å². The number of carboxylic acids is 1. The molecule has 4 atom stereocenters. The van der Waals surface area contributed by atoms with Crippen molar-refractivity contribution in [1.29, 1.82) is 0 Å². The molecule has 0 spiro atoms. The van der Waals surface area contributed by atoms with E-state index in [1.807, 2.05) is 0 Å². The number of fused-ring (bicyclic) bond motifs is 1. The van der Waals surface area contributed by atoms with E-state index in [0.29, 0.717) is 18.5 Å². The molecule has 2 aliphatic rings. The normalized spacial score (nSPS) is 25.0. The summed E-state index contributed by atoms with van der Waals surface area (Å²) < 4.78 is 0. The Hall–Kier alpha value is -2.46. The lowest BCUT2D eigenvalue weighted by Crippen LogP contribution is -2.61. The van der Waals surface area contributed by atoms with Crippen molar-refractivity contribution in [3.05, 3.63) is 11.3 Å². The zero-order valence-corrected chi connectivity index (χ0v) is 14.8. The highest BCUT2D eigenvalue weighted by molar-refractivity contribution is 6.00. The fourth-order valence-corrected chi connectivity index (χ4v) is 3.67. The number of amidine groups is 1. The van der Waals surface area contributed by atoms with Gasteiger partial charge < -0.3 is 31.9 Å². The lowest BCUT2D eigenvalue weighted by Gasteiger charge is -2.44. The number of aliphatic hydroxyl groups excluding tert-OH is 1. The molecule has 2 amide bonds. The molecule has 0 aliphatic carbocycles. The average Bonchev–Trinajstić information content (AvgIpc) is 2.85. The predicted molar refractivity (Wildman–Crippen MR) is 92.8 cm³/mol. The van der Waals surface area contributed by atoms with Crippen LogP contribution in [0.25, 0.3) is 0 Å². The van der Waals surface area contributed by atoms with Gasteiger partial charge in [-0.3, -0.25) is 14.6 Å². The minimum absolute atomic E-state index is 0.0409. The molecule has 0 saturated carbocycles. The molecular weight excluding hydrogens is 342 g/mol. The van der Waals surface area contributed by atoms with Crippen molar-refractivity contribution in [2.45, 2.75) is 31.9 Å². The number of nitrogens with one attached hydrogen (secondary N) is 1. The van der Waals surface area contributed by atoms with Gasteiger partial charge >= 0.3 is 5.97 Å². The van der Waals surface area contributed by atoms with Crippen LogP contribution in [-0.4, -0.2) is 71.0 Å². The van der Waals surface area contributed by atoms with Crippen molar-refractivity contribution < 1.29 is 24.6 Å². The number of primary amides is 1. The lowest BCUT2D eigenvalue weighted by molar-refractivity contribution is -0.161. The Morgan fingerprint density at radius 2 is 2.08 bits per heavy atom. The predicted octanol–water partition coefficient (Wildman–Crippen LogP) is -2.00. The number of nitrogens with two attached hydrogens (primary N) is 2. The summed E-state index contributed by atoms with van der Waals surface area (Å²) >= 11 is 0. The fourth-order valence-electron chi connectivity index (χ4n) is 3.67. The van der Waals surface area contributed by atoms with Crippen LogP contribution in [0.2, 0.25) is 0 Å². The van der Waals surface area contributed by atoms with Gasteiger partial charge in [-0.15, -0.1) is 0 Å². The summed E-state index contributed by atoms with van der Waals surface area (Å²) in [6.07, 6.45) is -0.653. The zero-order chi connectivity index (χ0) is 19.6. The number of aliphatic imine (C=N–C) groups is 1. The topological polar surface area (TPSA) is 171 Å². The molecule has 0 aromatic heterocycles. The quantitative estimate of drug-likeness (QED) is 0.178. The van der Waals surface area contributed by atoms with Gasteiger partial charge in [0.1, 0.15) is 11.5 Å². The summed E-state index contributed by atoms with van der Waals surface area (Å²) in [5.41, 5.74) is 11.3. The van der Waals surface area contributed by atoms with Crippen LogP contribution in [0.3, 0.4) is 0 Å². The molecule has 144 valence electrons. The standard InChI is InChI=1S/C16H25N5O5/c1-7(22)13-10-3-9(14(16(25)26)21(10)15(13)24)8(5-19-2)6-20-11(17)4-12(18)23/h7-8,10,13,19,22H,3-6H2,1-2H3,(H2,17,20)(H2,18,23)(H,25,26)/t7-,8-,10-,13-/m1/s1. The Morgan fingerprint density at radius 1 is 1.42 bits per heavy atom. The number of rotatable bonds is 9. The molecular formula is C16H25N5O5. The first-order chi connectivity index (χ1) is 12.2. The molecule has 0 unspecified atom stereocenters. The largest absolute Gasteiger partial charge is 0.477 e. The third-order valence-corrected chi connectivity index (χ3v) is 4.78. The maximum absolute atomic E-state index is 12.3. The summed E-state index contributed by atoms with van der Waals surface area (Å²) in [4.78, 5) is 40.3. The minimum Gasteiger partial charge on any atom is -0.477 e. The summed E-state index contributed by atoms with van der Waals surface area (Å²) in [6, 6.07) is -0.352. The Labute approximate surface area is 150 Å². The zero-order valence-electron chi connectivity index (χ0n) is 14.8. The molecule has 1 fully saturated rings. The van der Waals surface area contributed by atoms with E-state index in [2.05, 4.69) is 10.3 Å². The smallest absolute Gasteiger partial charge is 0.352 e. The van der Waals surface area contributed by atoms with Gasteiger partial charge in [0.2, 0.25) is 11.8 Å². The van der Waals surface area contributed by atoms with Crippen LogP contribution >= 0.6 is 0 Å². The first kappa shape index (κ1) is 19.9. The number of hydrogen-bond donors (Lipinski definition) is 5. The Morgan fingerprint density at radius 3 is 2.58 bits per heavy atom. The van der Waals surface area contributed by atoms with Crippen LogP contribution in [0, 0.1) is 11.8 Å². The molecule has 0 radical (unpaired) electrons. The van der Waals surface area contributed by atoms with Gasteiger partial charge in [0, 0.05) is 19.0 Å². The van der Waals surface area contributed by atoms with E-state index in [4.69, 9.17) is 11.5 Å². The van der Waals surface area contributed by atoms with Gasteiger partial charge in [0.25, 0.3) is 0 Å². The van der Waals surface area contributed by atoms with E-state index in [9.17, 15) is 24.6 Å². The number of aliphatic hydroxyl groups is 1.